The number of likely N-dealkylation sites (tertiary alicyclic amines) is 1. The number of nitrogens with one attached hydrogen (secondary N) is 2. The number of amides is 1. The molecule has 7 nitrogen and oxygen atoms in total. The summed E-state index contributed by atoms with van der Waals surface area (Å²) in [5.41, 5.74) is 10.2. The van der Waals surface area contributed by atoms with Gasteiger partial charge < -0.3 is 15.6 Å². The van der Waals surface area contributed by atoms with Crippen LogP contribution >= 0.6 is 0 Å². The van der Waals surface area contributed by atoms with Crippen molar-refractivity contribution >= 4 is 33.5 Å². The number of pyridine rings is 1. The van der Waals surface area contributed by atoms with Crippen molar-refractivity contribution in [2.75, 3.05) is 18.8 Å². The van der Waals surface area contributed by atoms with Gasteiger partial charge in [-0.05, 0) is 43.0 Å². The predicted molar refractivity (Wildman–Crippen MR) is 105 cm³/mol. The molecule has 0 bridgehead atoms. The second-order valence-electron chi connectivity index (χ2n) is 7.07. The molecule has 0 unspecified atom stereocenters. The average Bonchev–Trinajstić information content (AvgIpc) is 3.33. The number of anilines is 1. The molecule has 27 heavy (non-hydrogen) atoms. The van der Waals surface area contributed by atoms with E-state index in [1.165, 1.54) is 6.42 Å². The summed E-state index contributed by atoms with van der Waals surface area (Å²) < 4.78 is 0. The molecule has 0 saturated carbocycles. The van der Waals surface area contributed by atoms with Crippen molar-refractivity contribution in [3.63, 3.8) is 0 Å². The van der Waals surface area contributed by atoms with E-state index in [2.05, 4.69) is 20.2 Å². The van der Waals surface area contributed by atoms with Crippen LogP contribution in [0.4, 0.5) is 5.82 Å². The van der Waals surface area contributed by atoms with E-state index < -0.39 is 0 Å². The van der Waals surface area contributed by atoms with Crippen molar-refractivity contribution < 1.29 is 4.79 Å². The molecule has 1 aromatic carbocycles. The molecule has 1 aliphatic rings. The van der Waals surface area contributed by atoms with Crippen LogP contribution in [0, 0.1) is 0 Å². The van der Waals surface area contributed by atoms with E-state index in [-0.39, 0.29) is 5.91 Å². The summed E-state index contributed by atoms with van der Waals surface area (Å²) >= 11 is 0. The first-order valence-corrected chi connectivity index (χ1v) is 9.20. The summed E-state index contributed by atoms with van der Waals surface area (Å²) in [5.74, 6) is 0.532. The van der Waals surface area contributed by atoms with Gasteiger partial charge in [0, 0.05) is 35.6 Å². The van der Waals surface area contributed by atoms with Crippen LogP contribution in [-0.2, 0) is 0 Å². The fourth-order valence-corrected chi connectivity index (χ4v) is 3.92. The number of rotatable bonds is 2. The number of hydrogen-bond donors (Lipinski definition) is 3. The van der Waals surface area contributed by atoms with Gasteiger partial charge in [-0.2, -0.15) is 5.10 Å². The van der Waals surface area contributed by atoms with Gasteiger partial charge in [-0.15, -0.1) is 0 Å². The number of aromatic nitrogens is 4. The van der Waals surface area contributed by atoms with Crippen LogP contribution in [0.3, 0.4) is 0 Å². The number of nitrogens with zero attached hydrogens (tertiary/aromatic N) is 3. The molecule has 5 rings (SSSR count). The van der Waals surface area contributed by atoms with Gasteiger partial charge in [-0.25, -0.2) is 4.98 Å². The van der Waals surface area contributed by atoms with E-state index in [1.807, 2.05) is 29.3 Å². The molecule has 0 spiro atoms. The van der Waals surface area contributed by atoms with Gasteiger partial charge in [0.1, 0.15) is 5.82 Å². The predicted octanol–water partition coefficient (Wildman–Crippen LogP) is 3.31. The topological polar surface area (TPSA) is 104 Å². The van der Waals surface area contributed by atoms with Crippen LogP contribution in [0.5, 0.6) is 0 Å². The quantitative estimate of drug-likeness (QED) is 0.510. The zero-order valence-corrected chi connectivity index (χ0v) is 14.8. The van der Waals surface area contributed by atoms with Gasteiger partial charge in [0.15, 0.2) is 0 Å². The summed E-state index contributed by atoms with van der Waals surface area (Å²) in [6, 6.07) is 5.86. The molecule has 1 amide bonds. The lowest BCUT2D eigenvalue weighted by Gasteiger charge is -2.27. The monoisotopic (exact) mass is 360 g/mol. The molecule has 0 aliphatic carbocycles. The maximum atomic E-state index is 13.2. The van der Waals surface area contributed by atoms with Gasteiger partial charge in [-0.1, -0.05) is 0 Å². The van der Waals surface area contributed by atoms with Gasteiger partial charge in [0.25, 0.3) is 5.91 Å². The molecule has 4 aromatic rings. The smallest absolute Gasteiger partial charge is 0.256 e. The highest BCUT2D eigenvalue weighted by molar-refractivity contribution is 6.08. The average molecular weight is 360 g/mol. The van der Waals surface area contributed by atoms with Crippen LogP contribution in [0.1, 0.15) is 29.6 Å². The Morgan fingerprint density at radius 2 is 1.96 bits per heavy atom. The number of benzene rings is 1. The Morgan fingerprint density at radius 1 is 1.11 bits per heavy atom. The molecule has 4 N–H and O–H groups in total. The van der Waals surface area contributed by atoms with Crippen molar-refractivity contribution in [1.82, 2.24) is 25.1 Å². The third-order valence-electron chi connectivity index (χ3n) is 5.32. The van der Waals surface area contributed by atoms with Gasteiger partial charge >= 0.3 is 0 Å². The van der Waals surface area contributed by atoms with Crippen LogP contribution in [0.25, 0.3) is 32.9 Å². The molecule has 3 aromatic heterocycles. The minimum absolute atomic E-state index is 0.0619. The van der Waals surface area contributed by atoms with E-state index in [0.717, 1.165) is 58.9 Å². The van der Waals surface area contributed by atoms with E-state index in [9.17, 15) is 4.79 Å². The van der Waals surface area contributed by atoms with Gasteiger partial charge in [0.05, 0.1) is 29.0 Å². The Hall–Kier alpha value is -3.35. The Morgan fingerprint density at radius 3 is 2.81 bits per heavy atom. The lowest BCUT2D eigenvalue weighted by atomic mass is 9.99. The standard InChI is InChI=1S/C20H20N6O/c21-18-8-14-16(10-22-17(14)11-23-18)12-6-13-9-24-25-19(13)15(7-12)20(27)26-4-2-1-3-5-26/h6-11,22H,1-5H2,(H2,21,23)(H,24,25). The molecule has 1 saturated heterocycles. The van der Waals surface area contributed by atoms with Crippen molar-refractivity contribution in [1.29, 1.82) is 0 Å². The lowest BCUT2D eigenvalue weighted by molar-refractivity contribution is 0.0726. The number of fused-ring (bicyclic) bond motifs is 2. The normalized spacial score (nSPS) is 14.9. The Labute approximate surface area is 155 Å². The lowest BCUT2D eigenvalue weighted by Crippen LogP contribution is -2.35. The first kappa shape index (κ1) is 15.9. The molecule has 1 fully saturated rings. The molecular weight excluding hydrogens is 340 g/mol. The summed E-state index contributed by atoms with van der Waals surface area (Å²) in [5, 5.41) is 9.05. The first-order chi connectivity index (χ1) is 13.2. The molecule has 0 radical (unpaired) electrons. The third kappa shape index (κ3) is 2.63. The second kappa shape index (κ2) is 6.12. The summed E-state index contributed by atoms with van der Waals surface area (Å²) in [7, 11) is 0. The molecule has 1 aliphatic heterocycles. The summed E-state index contributed by atoms with van der Waals surface area (Å²) in [6.07, 6.45) is 8.73. The molecular formula is C20H20N6O. The largest absolute Gasteiger partial charge is 0.384 e. The van der Waals surface area contributed by atoms with Crippen LogP contribution in [-0.4, -0.2) is 44.1 Å². The SMILES string of the molecule is Nc1cc2c(-c3cc(C(=O)N4CCCCC4)c4[nH]ncc4c3)c[nH]c2cn1. The van der Waals surface area contributed by atoms with Crippen molar-refractivity contribution in [3.05, 3.63) is 42.4 Å². The fraction of sp³-hybridized carbons (Fsp3) is 0.250. The molecule has 4 heterocycles. The Kier molecular flexibility index (Phi) is 3.60. The molecule has 0 atom stereocenters. The molecule has 7 heteroatoms. The Bertz CT molecular complexity index is 1150. The summed E-state index contributed by atoms with van der Waals surface area (Å²) in [6.45, 7) is 1.63. The number of piperidine rings is 1. The number of nitrogen functional groups attached to an aromatic ring is 1. The summed E-state index contributed by atoms with van der Waals surface area (Å²) in [4.78, 5) is 22.5. The van der Waals surface area contributed by atoms with Gasteiger partial charge in [0.2, 0.25) is 0 Å². The number of nitrogens with two attached hydrogens (primary N) is 1. The number of H-pyrrole nitrogens is 2. The third-order valence-corrected chi connectivity index (χ3v) is 5.32. The molecule has 136 valence electrons. The number of carbonyl (C=O) groups excluding carboxylic acids is 1. The van der Waals surface area contributed by atoms with E-state index in [4.69, 9.17) is 5.73 Å². The maximum Gasteiger partial charge on any atom is 0.256 e. The second-order valence-corrected chi connectivity index (χ2v) is 7.07. The number of aromatic amines is 2. The number of hydrogen-bond acceptors (Lipinski definition) is 4. The van der Waals surface area contributed by atoms with Crippen molar-refractivity contribution in [2.24, 2.45) is 0 Å². The zero-order valence-electron chi connectivity index (χ0n) is 14.8. The Balaban J connectivity index is 1.67. The van der Waals surface area contributed by atoms with E-state index in [0.29, 0.717) is 11.4 Å². The van der Waals surface area contributed by atoms with Crippen LogP contribution in [0.15, 0.2) is 36.8 Å². The minimum atomic E-state index is 0.0619. The fourth-order valence-electron chi connectivity index (χ4n) is 3.92. The zero-order chi connectivity index (χ0) is 18.4. The van der Waals surface area contributed by atoms with Crippen molar-refractivity contribution in [2.45, 2.75) is 19.3 Å². The maximum absolute atomic E-state index is 13.2. The van der Waals surface area contributed by atoms with Crippen LogP contribution in [0.2, 0.25) is 0 Å². The van der Waals surface area contributed by atoms with Gasteiger partial charge in [-0.3, -0.25) is 9.89 Å². The minimum Gasteiger partial charge on any atom is -0.384 e. The van der Waals surface area contributed by atoms with Crippen molar-refractivity contribution in [3.8, 4) is 11.1 Å². The highest BCUT2D eigenvalue weighted by Crippen LogP contribution is 2.33. The number of carbonyl (C=O) groups is 1. The van der Waals surface area contributed by atoms with E-state index in [1.54, 1.807) is 12.4 Å². The van der Waals surface area contributed by atoms with Crippen LogP contribution < -0.4 is 5.73 Å². The first-order valence-electron chi connectivity index (χ1n) is 9.20. The highest BCUT2D eigenvalue weighted by atomic mass is 16.2. The van der Waals surface area contributed by atoms with E-state index >= 15 is 0 Å². The highest BCUT2D eigenvalue weighted by Gasteiger charge is 2.22.